The van der Waals surface area contributed by atoms with E-state index < -0.39 is 27.9 Å². The zero-order valence-corrected chi connectivity index (χ0v) is 10.0. The van der Waals surface area contributed by atoms with Gasteiger partial charge in [0.2, 0.25) is 0 Å². The minimum atomic E-state index is -3.51. The molecule has 1 rings (SSSR count). The van der Waals surface area contributed by atoms with Crippen LogP contribution < -0.4 is 0 Å². The largest absolute Gasteiger partial charge is 0.393 e. The molecule has 1 aromatic carbocycles. The highest BCUT2D eigenvalue weighted by Gasteiger charge is 2.25. The van der Waals surface area contributed by atoms with E-state index in [9.17, 15) is 12.8 Å². The van der Waals surface area contributed by atoms with Gasteiger partial charge in [-0.2, -0.15) is 0 Å². The van der Waals surface area contributed by atoms with E-state index in [1.807, 2.05) is 0 Å². The molecule has 0 aliphatic carbocycles. The van der Waals surface area contributed by atoms with Gasteiger partial charge in [0.25, 0.3) is 0 Å². The number of hydrogen-bond acceptors (Lipinski definition) is 3. The van der Waals surface area contributed by atoms with Crippen LogP contribution in [0.4, 0.5) is 4.39 Å². The zero-order chi connectivity index (χ0) is 12.3. The van der Waals surface area contributed by atoms with E-state index in [0.29, 0.717) is 0 Å². The number of halogens is 1. The van der Waals surface area contributed by atoms with Crippen LogP contribution in [-0.2, 0) is 9.84 Å². The van der Waals surface area contributed by atoms with Gasteiger partial charge in [-0.25, -0.2) is 12.8 Å². The highest BCUT2D eigenvalue weighted by atomic mass is 32.2. The quantitative estimate of drug-likeness (QED) is 0.882. The molecule has 0 heterocycles. The summed E-state index contributed by atoms with van der Waals surface area (Å²) in [6.45, 7) is 2.36. The van der Waals surface area contributed by atoms with Gasteiger partial charge in [-0.3, -0.25) is 0 Å². The van der Waals surface area contributed by atoms with Crippen LogP contribution in [0.1, 0.15) is 25.6 Å². The van der Waals surface area contributed by atoms with Crippen LogP contribution in [0, 0.1) is 0 Å². The van der Waals surface area contributed by atoms with Crippen molar-refractivity contribution >= 4 is 9.84 Å². The molecule has 0 radical (unpaired) electrons. The Kier molecular flexibility index (Phi) is 4.04. The third kappa shape index (κ3) is 2.41. The summed E-state index contributed by atoms with van der Waals surface area (Å²) < 4.78 is 37.3. The Morgan fingerprint density at radius 3 is 2.38 bits per heavy atom. The number of sulfone groups is 1. The van der Waals surface area contributed by atoms with E-state index >= 15 is 0 Å². The molecule has 0 fully saturated rings. The predicted octanol–water partition coefficient (Wildman–Crippen LogP) is 1.87. The van der Waals surface area contributed by atoms with Gasteiger partial charge < -0.3 is 5.11 Å². The maximum atomic E-state index is 13.4. The Morgan fingerprint density at radius 2 is 1.88 bits per heavy atom. The fraction of sp³-hybridized carbons (Fsp3) is 0.455. The highest BCUT2D eigenvalue weighted by Crippen LogP contribution is 2.27. The molecule has 1 N–H and O–H groups in total. The molecule has 0 spiro atoms. The first-order chi connectivity index (χ1) is 7.41. The van der Waals surface area contributed by atoms with Gasteiger partial charge in [-0.05, 0) is 19.9 Å². The maximum Gasteiger partial charge on any atom is 0.181 e. The standard InChI is InChI=1S/C11H15FO3S/c1-8(2)16(14,15)11-6-4-3-5-9(11)10(12)7-13/h3-6,8,10,13H,7H2,1-2H3. The van der Waals surface area contributed by atoms with Crippen LogP contribution in [0.25, 0.3) is 0 Å². The number of alkyl halides is 1. The van der Waals surface area contributed by atoms with Crippen LogP contribution in [0.15, 0.2) is 29.2 Å². The summed E-state index contributed by atoms with van der Waals surface area (Å²) in [5, 5.41) is 8.14. The summed E-state index contributed by atoms with van der Waals surface area (Å²) in [5.41, 5.74) is 0.0266. The predicted molar refractivity (Wildman–Crippen MR) is 59.7 cm³/mol. The molecule has 1 atom stereocenters. The summed E-state index contributed by atoms with van der Waals surface area (Å²) in [6.07, 6.45) is -1.66. The van der Waals surface area contributed by atoms with Crippen LogP contribution in [-0.4, -0.2) is 25.4 Å². The third-order valence-electron chi connectivity index (χ3n) is 2.34. The average molecular weight is 246 g/mol. The Bertz CT molecular complexity index is 454. The molecular weight excluding hydrogens is 231 g/mol. The van der Waals surface area contributed by atoms with Gasteiger partial charge in [0.15, 0.2) is 9.84 Å². The Morgan fingerprint density at radius 1 is 1.31 bits per heavy atom. The second kappa shape index (κ2) is 4.93. The minimum absolute atomic E-state index is 0.0266. The minimum Gasteiger partial charge on any atom is -0.393 e. The molecule has 0 bridgehead atoms. The fourth-order valence-electron chi connectivity index (χ4n) is 1.35. The van der Waals surface area contributed by atoms with Crippen molar-refractivity contribution in [3.05, 3.63) is 29.8 Å². The number of hydrogen-bond donors (Lipinski definition) is 1. The van der Waals surface area contributed by atoms with Crippen molar-refractivity contribution in [2.24, 2.45) is 0 Å². The molecular formula is C11H15FO3S. The lowest BCUT2D eigenvalue weighted by molar-refractivity contribution is 0.177. The summed E-state index contributed by atoms with van der Waals surface area (Å²) in [5.74, 6) is 0. The molecule has 0 amide bonds. The van der Waals surface area contributed by atoms with Gasteiger partial charge >= 0.3 is 0 Å². The van der Waals surface area contributed by atoms with Gasteiger partial charge in [0.05, 0.1) is 16.8 Å². The van der Waals surface area contributed by atoms with E-state index in [0.717, 1.165) is 0 Å². The Labute approximate surface area is 94.8 Å². The molecule has 0 saturated heterocycles. The van der Waals surface area contributed by atoms with Crippen LogP contribution in [0.5, 0.6) is 0 Å². The van der Waals surface area contributed by atoms with Crippen molar-refractivity contribution in [1.82, 2.24) is 0 Å². The first-order valence-corrected chi connectivity index (χ1v) is 6.53. The number of aliphatic hydroxyl groups is 1. The summed E-state index contributed by atoms with van der Waals surface area (Å²) in [4.78, 5) is -0.0356. The second-order valence-corrected chi connectivity index (χ2v) is 6.25. The number of aliphatic hydroxyl groups excluding tert-OH is 1. The normalized spacial score (nSPS) is 14.1. The molecule has 0 aliphatic heterocycles. The molecule has 90 valence electrons. The number of benzene rings is 1. The molecule has 0 saturated carbocycles. The van der Waals surface area contributed by atoms with Crippen molar-refractivity contribution in [3.63, 3.8) is 0 Å². The van der Waals surface area contributed by atoms with Crippen LogP contribution in [0.3, 0.4) is 0 Å². The van der Waals surface area contributed by atoms with E-state index in [1.54, 1.807) is 12.1 Å². The molecule has 16 heavy (non-hydrogen) atoms. The first-order valence-electron chi connectivity index (χ1n) is 4.99. The summed E-state index contributed by atoms with van der Waals surface area (Å²) in [7, 11) is -3.51. The van der Waals surface area contributed by atoms with Crippen molar-refractivity contribution < 1.29 is 17.9 Å². The van der Waals surface area contributed by atoms with Crippen molar-refractivity contribution in [2.45, 2.75) is 30.2 Å². The van der Waals surface area contributed by atoms with Gasteiger partial charge in [0.1, 0.15) is 6.17 Å². The Balaban J connectivity index is 3.35. The highest BCUT2D eigenvalue weighted by molar-refractivity contribution is 7.92. The lowest BCUT2D eigenvalue weighted by Gasteiger charge is -2.14. The monoisotopic (exact) mass is 246 g/mol. The molecule has 1 unspecified atom stereocenters. The van der Waals surface area contributed by atoms with E-state index in [1.165, 1.54) is 26.0 Å². The van der Waals surface area contributed by atoms with Crippen molar-refractivity contribution in [2.75, 3.05) is 6.61 Å². The van der Waals surface area contributed by atoms with E-state index in [2.05, 4.69) is 0 Å². The molecule has 5 heteroatoms. The van der Waals surface area contributed by atoms with Gasteiger partial charge in [0, 0.05) is 5.56 Å². The number of rotatable bonds is 4. The van der Waals surface area contributed by atoms with Gasteiger partial charge in [-0.15, -0.1) is 0 Å². The lowest BCUT2D eigenvalue weighted by Crippen LogP contribution is -2.17. The SMILES string of the molecule is CC(C)S(=O)(=O)c1ccccc1C(F)CO. The Hall–Kier alpha value is -0.940. The van der Waals surface area contributed by atoms with Crippen LogP contribution >= 0.6 is 0 Å². The molecule has 0 aliphatic rings. The van der Waals surface area contributed by atoms with E-state index in [4.69, 9.17) is 5.11 Å². The molecule has 1 aromatic rings. The second-order valence-electron chi connectivity index (χ2n) is 3.78. The fourth-order valence-corrected chi connectivity index (χ4v) is 2.65. The first kappa shape index (κ1) is 13.1. The summed E-state index contributed by atoms with van der Waals surface area (Å²) >= 11 is 0. The summed E-state index contributed by atoms with van der Waals surface area (Å²) in [6, 6.07) is 5.85. The smallest absolute Gasteiger partial charge is 0.181 e. The van der Waals surface area contributed by atoms with Crippen molar-refractivity contribution in [3.8, 4) is 0 Å². The molecule has 3 nitrogen and oxygen atoms in total. The maximum absolute atomic E-state index is 13.4. The third-order valence-corrected chi connectivity index (χ3v) is 4.57. The zero-order valence-electron chi connectivity index (χ0n) is 9.22. The lowest BCUT2D eigenvalue weighted by atomic mass is 10.1. The average Bonchev–Trinajstić information content (AvgIpc) is 2.27. The topological polar surface area (TPSA) is 54.4 Å². The van der Waals surface area contributed by atoms with Gasteiger partial charge in [-0.1, -0.05) is 18.2 Å². The molecule has 0 aromatic heterocycles. The van der Waals surface area contributed by atoms with Crippen molar-refractivity contribution in [1.29, 1.82) is 0 Å². The van der Waals surface area contributed by atoms with E-state index in [-0.39, 0.29) is 10.5 Å². The van der Waals surface area contributed by atoms with Crippen LogP contribution in [0.2, 0.25) is 0 Å².